The molecule has 96 valence electrons. The fourth-order valence-corrected chi connectivity index (χ4v) is 2.39. The lowest BCUT2D eigenvalue weighted by Gasteiger charge is -2.18. The van der Waals surface area contributed by atoms with Crippen LogP contribution < -0.4 is 11.3 Å². The van der Waals surface area contributed by atoms with Gasteiger partial charge in [-0.2, -0.15) is 0 Å². The van der Waals surface area contributed by atoms with Gasteiger partial charge in [0.15, 0.2) is 0 Å². The molecule has 0 bridgehead atoms. The first-order chi connectivity index (χ1) is 8.45. The number of halogens is 1. The molecule has 1 aromatic heterocycles. The van der Waals surface area contributed by atoms with Gasteiger partial charge in [0.2, 0.25) is 0 Å². The van der Waals surface area contributed by atoms with Crippen molar-refractivity contribution >= 4 is 16.6 Å². The number of rotatable bonds is 2. The number of nitrogens with zero attached hydrogens (tertiary/aromatic N) is 1. The second-order valence-electron chi connectivity index (χ2n) is 4.90. The molecule has 2 aromatic rings. The number of hydrazine groups is 1. The van der Waals surface area contributed by atoms with Crippen molar-refractivity contribution in [2.75, 3.05) is 5.43 Å². The summed E-state index contributed by atoms with van der Waals surface area (Å²) in [6.45, 7) is 7.84. The van der Waals surface area contributed by atoms with E-state index in [1.54, 1.807) is 13.0 Å². The van der Waals surface area contributed by atoms with Crippen LogP contribution >= 0.6 is 0 Å². The highest BCUT2D eigenvalue weighted by Crippen LogP contribution is 2.33. The molecular weight excluding hydrogens is 229 g/mol. The minimum atomic E-state index is -0.241. The van der Waals surface area contributed by atoms with Crippen LogP contribution in [-0.4, -0.2) is 4.98 Å². The summed E-state index contributed by atoms with van der Waals surface area (Å²) in [5.74, 6) is 5.70. The van der Waals surface area contributed by atoms with Crippen LogP contribution in [0.4, 0.5) is 10.1 Å². The van der Waals surface area contributed by atoms with Gasteiger partial charge in [0.05, 0.1) is 11.2 Å². The van der Waals surface area contributed by atoms with E-state index in [4.69, 9.17) is 5.84 Å². The van der Waals surface area contributed by atoms with Crippen molar-refractivity contribution in [1.82, 2.24) is 4.98 Å². The largest absolute Gasteiger partial charge is 0.323 e. The van der Waals surface area contributed by atoms with Crippen LogP contribution in [0.5, 0.6) is 0 Å². The van der Waals surface area contributed by atoms with E-state index in [-0.39, 0.29) is 5.82 Å². The highest BCUT2D eigenvalue weighted by atomic mass is 19.1. The second-order valence-corrected chi connectivity index (χ2v) is 4.90. The Morgan fingerprint density at radius 1 is 1.28 bits per heavy atom. The maximum absolute atomic E-state index is 13.6. The third-order valence-electron chi connectivity index (χ3n) is 3.22. The van der Waals surface area contributed by atoms with Crippen LogP contribution in [0, 0.1) is 19.7 Å². The molecule has 0 amide bonds. The number of aromatic nitrogens is 1. The summed E-state index contributed by atoms with van der Waals surface area (Å²) >= 11 is 0. The molecule has 3 nitrogen and oxygen atoms in total. The van der Waals surface area contributed by atoms with E-state index in [0.717, 1.165) is 22.3 Å². The van der Waals surface area contributed by atoms with Crippen molar-refractivity contribution in [3.05, 3.63) is 34.8 Å². The second kappa shape index (κ2) is 4.53. The fraction of sp³-hybridized carbons (Fsp3) is 0.357. The SMILES string of the molecule is Cc1cc2c(NN)c(C(C)C)c(C)nc2cc1F. The lowest BCUT2D eigenvalue weighted by Crippen LogP contribution is -2.12. The Morgan fingerprint density at radius 2 is 1.94 bits per heavy atom. The van der Waals surface area contributed by atoms with Gasteiger partial charge in [-0.25, -0.2) is 4.39 Å². The fourth-order valence-electron chi connectivity index (χ4n) is 2.39. The highest BCUT2D eigenvalue weighted by molar-refractivity contribution is 5.94. The molecule has 0 saturated carbocycles. The van der Waals surface area contributed by atoms with Crippen molar-refractivity contribution in [3.8, 4) is 0 Å². The average Bonchev–Trinajstić information content (AvgIpc) is 2.29. The lowest BCUT2D eigenvalue weighted by molar-refractivity contribution is 0.620. The standard InChI is InChI=1S/C14H18FN3/c1-7(2)13-9(4)17-12-6-11(15)8(3)5-10(12)14(13)18-16/h5-7H,16H2,1-4H3,(H,17,18). The van der Waals surface area contributed by atoms with Gasteiger partial charge in [0.1, 0.15) is 5.82 Å². The van der Waals surface area contributed by atoms with E-state index in [2.05, 4.69) is 24.3 Å². The third-order valence-corrected chi connectivity index (χ3v) is 3.22. The van der Waals surface area contributed by atoms with Gasteiger partial charge in [-0.3, -0.25) is 10.8 Å². The van der Waals surface area contributed by atoms with Gasteiger partial charge in [0, 0.05) is 22.7 Å². The highest BCUT2D eigenvalue weighted by Gasteiger charge is 2.15. The molecule has 4 heteroatoms. The van der Waals surface area contributed by atoms with Crippen LogP contribution in [-0.2, 0) is 0 Å². The summed E-state index contributed by atoms with van der Waals surface area (Å²) < 4.78 is 13.6. The first-order valence-corrected chi connectivity index (χ1v) is 6.02. The minimum absolute atomic E-state index is 0.241. The number of anilines is 1. The van der Waals surface area contributed by atoms with Gasteiger partial charge in [-0.15, -0.1) is 0 Å². The van der Waals surface area contributed by atoms with E-state index in [1.165, 1.54) is 6.07 Å². The van der Waals surface area contributed by atoms with Crippen LogP contribution in [0.3, 0.4) is 0 Å². The summed E-state index contributed by atoms with van der Waals surface area (Å²) in [4.78, 5) is 4.47. The Bertz CT molecular complexity index is 606. The van der Waals surface area contributed by atoms with E-state index >= 15 is 0 Å². The summed E-state index contributed by atoms with van der Waals surface area (Å²) in [6, 6.07) is 3.25. The molecule has 0 saturated heterocycles. The van der Waals surface area contributed by atoms with Crippen molar-refractivity contribution in [2.45, 2.75) is 33.6 Å². The maximum Gasteiger partial charge on any atom is 0.128 e. The number of hydrogen-bond donors (Lipinski definition) is 2. The first kappa shape index (κ1) is 12.8. The van der Waals surface area contributed by atoms with Crippen molar-refractivity contribution in [2.24, 2.45) is 5.84 Å². The number of hydrogen-bond acceptors (Lipinski definition) is 3. The normalized spacial score (nSPS) is 11.3. The number of pyridine rings is 1. The van der Waals surface area contributed by atoms with Gasteiger partial charge in [0.25, 0.3) is 0 Å². The monoisotopic (exact) mass is 247 g/mol. The Balaban J connectivity index is 2.89. The molecule has 1 heterocycles. The molecule has 2 rings (SSSR count). The number of nitrogens with two attached hydrogens (primary N) is 1. The van der Waals surface area contributed by atoms with Crippen LogP contribution in [0.15, 0.2) is 12.1 Å². The Labute approximate surface area is 106 Å². The Kier molecular flexibility index (Phi) is 3.22. The molecule has 0 atom stereocenters. The Morgan fingerprint density at radius 3 is 2.50 bits per heavy atom. The van der Waals surface area contributed by atoms with Gasteiger partial charge in [-0.05, 0) is 31.4 Å². The smallest absolute Gasteiger partial charge is 0.128 e. The molecule has 0 aliphatic heterocycles. The molecule has 0 unspecified atom stereocenters. The molecule has 0 spiro atoms. The average molecular weight is 247 g/mol. The van der Waals surface area contributed by atoms with E-state index in [9.17, 15) is 4.39 Å². The molecule has 18 heavy (non-hydrogen) atoms. The van der Waals surface area contributed by atoms with Gasteiger partial charge < -0.3 is 5.43 Å². The number of nitrogens with one attached hydrogen (secondary N) is 1. The zero-order valence-electron chi connectivity index (χ0n) is 11.1. The summed E-state index contributed by atoms with van der Waals surface area (Å²) in [6.07, 6.45) is 0. The number of fused-ring (bicyclic) bond motifs is 1. The van der Waals surface area contributed by atoms with E-state index in [1.807, 2.05) is 6.92 Å². The summed E-state index contributed by atoms with van der Waals surface area (Å²) in [7, 11) is 0. The molecule has 0 fully saturated rings. The topological polar surface area (TPSA) is 50.9 Å². The van der Waals surface area contributed by atoms with E-state index in [0.29, 0.717) is 17.0 Å². The maximum atomic E-state index is 13.6. The van der Waals surface area contributed by atoms with Crippen molar-refractivity contribution < 1.29 is 4.39 Å². The number of aryl methyl sites for hydroxylation is 2. The van der Waals surface area contributed by atoms with Gasteiger partial charge in [-0.1, -0.05) is 13.8 Å². The number of benzene rings is 1. The molecule has 0 aliphatic rings. The molecule has 0 radical (unpaired) electrons. The lowest BCUT2D eigenvalue weighted by atomic mass is 9.96. The predicted molar refractivity (Wildman–Crippen MR) is 73.1 cm³/mol. The zero-order valence-corrected chi connectivity index (χ0v) is 11.1. The molecular formula is C14H18FN3. The molecule has 3 N–H and O–H groups in total. The summed E-state index contributed by atoms with van der Waals surface area (Å²) in [5.41, 5.74) is 6.78. The minimum Gasteiger partial charge on any atom is -0.323 e. The van der Waals surface area contributed by atoms with Crippen LogP contribution in [0.2, 0.25) is 0 Å². The third kappa shape index (κ3) is 1.93. The predicted octanol–water partition coefficient (Wildman–Crippen LogP) is 3.40. The Hall–Kier alpha value is -1.68. The van der Waals surface area contributed by atoms with E-state index < -0.39 is 0 Å². The van der Waals surface area contributed by atoms with Crippen molar-refractivity contribution in [1.29, 1.82) is 0 Å². The molecule has 0 aliphatic carbocycles. The van der Waals surface area contributed by atoms with Crippen LogP contribution in [0.1, 0.15) is 36.6 Å². The number of nitrogen functional groups attached to an aromatic ring is 1. The first-order valence-electron chi connectivity index (χ1n) is 6.02. The quantitative estimate of drug-likeness (QED) is 0.631. The molecule has 1 aromatic carbocycles. The van der Waals surface area contributed by atoms with Crippen molar-refractivity contribution in [3.63, 3.8) is 0 Å². The van der Waals surface area contributed by atoms with Gasteiger partial charge >= 0.3 is 0 Å². The zero-order chi connectivity index (χ0) is 13.4. The van der Waals surface area contributed by atoms with Crippen LogP contribution in [0.25, 0.3) is 10.9 Å². The summed E-state index contributed by atoms with van der Waals surface area (Å²) in [5, 5.41) is 0.866.